The van der Waals surface area contributed by atoms with E-state index in [4.69, 9.17) is 16.8 Å². The van der Waals surface area contributed by atoms with Gasteiger partial charge in [-0.25, -0.2) is 15.6 Å². The summed E-state index contributed by atoms with van der Waals surface area (Å²) in [6.07, 6.45) is -1.09. The second kappa shape index (κ2) is 9.15. The van der Waals surface area contributed by atoms with Gasteiger partial charge in [0.25, 0.3) is 0 Å². The van der Waals surface area contributed by atoms with Crippen molar-refractivity contribution in [2.45, 2.75) is 13.8 Å². The van der Waals surface area contributed by atoms with Crippen LogP contribution in [0.4, 0.5) is 4.79 Å². The number of carboxylic acid groups (broad SMARTS) is 1. The normalized spacial score (nSPS) is 8.00. The molecule has 0 aliphatic heterocycles. The molecule has 0 heterocycles. The molecule has 0 saturated carbocycles. The maximum absolute atomic E-state index is 9.73. The van der Waals surface area contributed by atoms with Gasteiger partial charge in [-0.15, -0.1) is 0 Å². The number of hydrazine groups is 2. The number of hydrogen-bond acceptors (Lipinski definition) is 4. The maximum atomic E-state index is 9.73. The quantitative estimate of drug-likeness (QED) is 0.246. The second-order valence-corrected chi connectivity index (χ2v) is 1.63. The van der Waals surface area contributed by atoms with Crippen LogP contribution in [0.2, 0.25) is 0 Å². The van der Waals surface area contributed by atoms with E-state index in [9.17, 15) is 4.79 Å². The smallest absolute Gasteiger partial charge is 0.421 e. The Balaban J connectivity index is 0. The minimum absolute atomic E-state index is 0.329. The number of nitrogens with two attached hydrogens (primary N) is 2. The summed E-state index contributed by atoms with van der Waals surface area (Å²) in [6, 6.07) is 0. The van der Waals surface area contributed by atoms with Crippen molar-refractivity contribution in [1.29, 1.82) is 0 Å². The average Bonchev–Trinajstić information content (AvgIpc) is 2.03. The number of amides is 1. The Morgan fingerprint density at radius 1 is 1.64 bits per heavy atom. The SMILES string of the molecule is CCN(N)C(=O)O.CCNN. The molecular formula is C5H16N4O2. The van der Waals surface area contributed by atoms with Gasteiger partial charge in [0.2, 0.25) is 0 Å². The lowest BCUT2D eigenvalue weighted by atomic mass is 10.7. The van der Waals surface area contributed by atoms with E-state index < -0.39 is 6.09 Å². The fraction of sp³-hybridized carbons (Fsp3) is 0.800. The van der Waals surface area contributed by atoms with Crippen molar-refractivity contribution in [3.8, 4) is 0 Å². The van der Waals surface area contributed by atoms with Gasteiger partial charge in [0.1, 0.15) is 0 Å². The molecule has 0 unspecified atom stereocenters. The maximum Gasteiger partial charge on any atom is 0.421 e. The van der Waals surface area contributed by atoms with Crippen molar-refractivity contribution < 1.29 is 9.90 Å². The van der Waals surface area contributed by atoms with E-state index in [1.54, 1.807) is 6.92 Å². The van der Waals surface area contributed by atoms with E-state index in [-0.39, 0.29) is 0 Å². The van der Waals surface area contributed by atoms with E-state index >= 15 is 0 Å². The summed E-state index contributed by atoms with van der Waals surface area (Å²) in [5.74, 6) is 9.63. The molecule has 0 fully saturated rings. The zero-order chi connectivity index (χ0) is 9.28. The molecule has 0 saturated heterocycles. The summed E-state index contributed by atoms with van der Waals surface area (Å²) in [6.45, 7) is 4.78. The molecule has 0 aromatic carbocycles. The second-order valence-electron chi connectivity index (χ2n) is 1.63. The lowest BCUT2D eigenvalue weighted by Crippen LogP contribution is -2.35. The molecule has 11 heavy (non-hydrogen) atoms. The van der Waals surface area contributed by atoms with Crippen molar-refractivity contribution in [3.63, 3.8) is 0 Å². The van der Waals surface area contributed by atoms with Crippen molar-refractivity contribution in [1.82, 2.24) is 10.4 Å². The molecule has 0 rings (SSSR count). The lowest BCUT2D eigenvalue weighted by Gasteiger charge is -2.06. The third-order valence-electron chi connectivity index (χ3n) is 0.791. The van der Waals surface area contributed by atoms with E-state index in [0.29, 0.717) is 11.6 Å². The fourth-order valence-electron chi connectivity index (χ4n) is 0.135. The molecule has 0 bridgehead atoms. The van der Waals surface area contributed by atoms with Gasteiger partial charge >= 0.3 is 6.09 Å². The predicted molar refractivity (Wildman–Crippen MR) is 42.5 cm³/mol. The standard InChI is InChI=1S/C3H8N2O2.C2H8N2/c1-2-5(4)3(6)7;1-2-4-3/h2,4H2,1H3,(H,6,7);4H,2-3H2,1H3. The number of carbonyl (C=O) groups is 1. The highest BCUT2D eigenvalue weighted by atomic mass is 16.4. The molecule has 0 atom stereocenters. The van der Waals surface area contributed by atoms with Gasteiger partial charge in [0.05, 0.1) is 0 Å². The van der Waals surface area contributed by atoms with Gasteiger partial charge in [-0.05, 0) is 6.92 Å². The topological polar surface area (TPSA) is 105 Å². The van der Waals surface area contributed by atoms with Crippen LogP contribution < -0.4 is 17.1 Å². The highest BCUT2D eigenvalue weighted by Crippen LogP contribution is 1.73. The first-order valence-corrected chi connectivity index (χ1v) is 3.28. The highest BCUT2D eigenvalue weighted by molar-refractivity contribution is 5.63. The van der Waals surface area contributed by atoms with Gasteiger partial charge in [0, 0.05) is 13.1 Å². The molecular weight excluding hydrogens is 148 g/mol. The number of rotatable bonds is 2. The molecule has 6 heteroatoms. The van der Waals surface area contributed by atoms with Crippen LogP contribution in [0.5, 0.6) is 0 Å². The Morgan fingerprint density at radius 3 is 2.00 bits per heavy atom. The van der Waals surface area contributed by atoms with Crippen molar-refractivity contribution in [2.24, 2.45) is 11.7 Å². The summed E-state index contributed by atoms with van der Waals surface area (Å²) < 4.78 is 0. The Hall–Kier alpha value is -0.850. The molecule has 6 N–H and O–H groups in total. The first-order valence-electron chi connectivity index (χ1n) is 3.28. The number of nitrogens with zero attached hydrogens (tertiary/aromatic N) is 1. The van der Waals surface area contributed by atoms with Crippen LogP contribution >= 0.6 is 0 Å². The summed E-state index contributed by atoms with van der Waals surface area (Å²) >= 11 is 0. The van der Waals surface area contributed by atoms with Gasteiger partial charge < -0.3 is 5.11 Å². The number of nitrogens with one attached hydrogen (secondary N) is 1. The zero-order valence-corrected chi connectivity index (χ0v) is 6.87. The van der Waals surface area contributed by atoms with Gasteiger partial charge in [0.15, 0.2) is 0 Å². The molecule has 68 valence electrons. The van der Waals surface area contributed by atoms with Crippen molar-refractivity contribution in [2.75, 3.05) is 13.1 Å². The first-order chi connectivity index (χ1) is 5.09. The zero-order valence-electron chi connectivity index (χ0n) is 6.87. The van der Waals surface area contributed by atoms with Crippen LogP contribution in [-0.2, 0) is 0 Å². The minimum atomic E-state index is -1.09. The van der Waals surface area contributed by atoms with Gasteiger partial charge in [-0.3, -0.25) is 11.3 Å². The Kier molecular flexibility index (Phi) is 10.6. The van der Waals surface area contributed by atoms with Gasteiger partial charge in [-0.1, -0.05) is 6.92 Å². The number of hydrogen-bond donors (Lipinski definition) is 4. The third-order valence-corrected chi connectivity index (χ3v) is 0.791. The Labute approximate surface area is 66.1 Å². The summed E-state index contributed by atoms with van der Waals surface area (Å²) in [5.41, 5.74) is 2.43. The fourth-order valence-corrected chi connectivity index (χ4v) is 0.135. The third kappa shape index (κ3) is 12.4. The average molecular weight is 164 g/mol. The molecule has 6 nitrogen and oxygen atoms in total. The molecule has 0 radical (unpaired) electrons. The molecule has 0 aliphatic carbocycles. The van der Waals surface area contributed by atoms with Crippen LogP contribution in [-0.4, -0.2) is 29.3 Å². The largest absolute Gasteiger partial charge is 0.464 e. The van der Waals surface area contributed by atoms with Crippen molar-refractivity contribution >= 4 is 6.09 Å². The highest BCUT2D eigenvalue weighted by Gasteiger charge is 1.98. The van der Waals surface area contributed by atoms with Crippen LogP contribution in [0.25, 0.3) is 0 Å². The van der Waals surface area contributed by atoms with Crippen molar-refractivity contribution in [3.05, 3.63) is 0 Å². The van der Waals surface area contributed by atoms with Crippen LogP contribution in [0.3, 0.4) is 0 Å². The summed E-state index contributed by atoms with van der Waals surface area (Å²) in [5, 5.41) is 8.69. The first kappa shape index (κ1) is 12.8. The Morgan fingerprint density at radius 2 is 2.00 bits per heavy atom. The van der Waals surface area contributed by atoms with E-state index in [1.165, 1.54) is 0 Å². The van der Waals surface area contributed by atoms with E-state index in [1.807, 2.05) is 6.92 Å². The molecule has 1 amide bonds. The monoisotopic (exact) mass is 164 g/mol. The summed E-state index contributed by atoms with van der Waals surface area (Å²) in [4.78, 5) is 9.73. The van der Waals surface area contributed by atoms with Gasteiger partial charge in [-0.2, -0.15) is 0 Å². The minimum Gasteiger partial charge on any atom is -0.464 e. The molecule has 0 aliphatic rings. The molecule has 0 spiro atoms. The van der Waals surface area contributed by atoms with Crippen LogP contribution in [0, 0.1) is 0 Å². The molecule has 0 aromatic heterocycles. The Bertz CT molecular complexity index is 96.5. The van der Waals surface area contributed by atoms with Crippen LogP contribution in [0.1, 0.15) is 13.8 Å². The van der Waals surface area contributed by atoms with Crippen LogP contribution in [0.15, 0.2) is 0 Å². The van der Waals surface area contributed by atoms with E-state index in [2.05, 4.69) is 5.43 Å². The van der Waals surface area contributed by atoms with E-state index in [0.717, 1.165) is 6.54 Å². The predicted octanol–water partition coefficient (Wildman–Crippen LogP) is -0.670. The summed E-state index contributed by atoms with van der Waals surface area (Å²) in [7, 11) is 0. The molecule has 0 aromatic rings. The lowest BCUT2D eigenvalue weighted by molar-refractivity contribution is 0.148.